The Morgan fingerprint density at radius 2 is 1.80 bits per heavy atom. The predicted molar refractivity (Wildman–Crippen MR) is 134 cm³/mol. The Morgan fingerprint density at radius 1 is 1.06 bits per heavy atom. The number of methoxy groups -OCH3 is 2. The molecule has 4 aromatic rings. The van der Waals surface area contributed by atoms with Crippen LogP contribution in [0.1, 0.15) is 15.9 Å². The summed E-state index contributed by atoms with van der Waals surface area (Å²) in [6.45, 7) is 0.496. The van der Waals surface area contributed by atoms with Crippen LogP contribution in [-0.4, -0.2) is 54.3 Å². The molecule has 4 rings (SSSR count). The highest BCUT2D eigenvalue weighted by molar-refractivity contribution is 7.13. The number of ether oxygens (including phenoxy) is 3. The SMILES string of the molecule is COc1cccc(OC)c1OCC(O)CNC(=O)c1cn(Cc2ccccc2)nc1-c1cccs1. The first kappa shape index (κ1) is 24.3. The summed E-state index contributed by atoms with van der Waals surface area (Å²) in [6, 6.07) is 19.0. The third-order valence-corrected chi connectivity index (χ3v) is 6.13. The Bertz CT molecular complexity index is 1220. The maximum absolute atomic E-state index is 13.1. The van der Waals surface area contributed by atoms with Crippen LogP contribution >= 0.6 is 11.3 Å². The summed E-state index contributed by atoms with van der Waals surface area (Å²) >= 11 is 1.52. The van der Waals surface area contributed by atoms with Crippen LogP contribution < -0.4 is 19.5 Å². The van der Waals surface area contributed by atoms with Crippen molar-refractivity contribution in [3.63, 3.8) is 0 Å². The first-order valence-electron chi connectivity index (χ1n) is 11.0. The van der Waals surface area contributed by atoms with E-state index in [0.717, 1.165) is 10.4 Å². The van der Waals surface area contributed by atoms with Crippen molar-refractivity contribution in [1.82, 2.24) is 15.1 Å². The first-order chi connectivity index (χ1) is 17.1. The van der Waals surface area contributed by atoms with Crippen LogP contribution in [0.2, 0.25) is 0 Å². The Labute approximate surface area is 207 Å². The van der Waals surface area contributed by atoms with Gasteiger partial charge in [-0.05, 0) is 29.1 Å². The van der Waals surface area contributed by atoms with Gasteiger partial charge >= 0.3 is 0 Å². The minimum atomic E-state index is -0.946. The molecule has 0 bridgehead atoms. The van der Waals surface area contributed by atoms with E-state index in [1.165, 1.54) is 25.6 Å². The minimum Gasteiger partial charge on any atom is -0.493 e. The predicted octanol–water partition coefficient (Wildman–Crippen LogP) is 3.85. The number of carbonyl (C=O) groups is 1. The lowest BCUT2D eigenvalue weighted by Gasteiger charge is -2.17. The van der Waals surface area contributed by atoms with Gasteiger partial charge in [0.2, 0.25) is 5.75 Å². The Hall–Kier alpha value is -3.82. The van der Waals surface area contributed by atoms with Gasteiger partial charge in [0.15, 0.2) is 11.5 Å². The molecule has 2 aromatic carbocycles. The zero-order valence-corrected chi connectivity index (χ0v) is 20.3. The summed E-state index contributed by atoms with van der Waals surface area (Å²) in [5.41, 5.74) is 2.14. The molecule has 0 saturated carbocycles. The molecule has 9 heteroatoms. The zero-order valence-electron chi connectivity index (χ0n) is 19.5. The molecular weight excluding hydrogens is 466 g/mol. The Balaban J connectivity index is 1.42. The maximum atomic E-state index is 13.1. The normalized spacial score (nSPS) is 11.6. The van der Waals surface area contributed by atoms with Gasteiger partial charge in [0.1, 0.15) is 18.4 Å². The summed E-state index contributed by atoms with van der Waals surface area (Å²) < 4.78 is 18.1. The second-order valence-electron chi connectivity index (χ2n) is 7.72. The smallest absolute Gasteiger partial charge is 0.255 e. The number of para-hydroxylation sites is 1. The third kappa shape index (κ3) is 6.00. The van der Waals surface area contributed by atoms with Crippen LogP contribution in [0.5, 0.6) is 17.2 Å². The molecule has 0 saturated heterocycles. The maximum Gasteiger partial charge on any atom is 0.255 e. The molecule has 0 aliphatic heterocycles. The van der Waals surface area contributed by atoms with E-state index in [-0.39, 0.29) is 19.1 Å². The highest BCUT2D eigenvalue weighted by Crippen LogP contribution is 2.36. The van der Waals surface area contributed by atoms with Crippen molar-refractivity contribution in [1.29, 1.82) is 0 Å². The Kier molecular flexibility index (Phi) is 8.02. The van der Waals surface area contributed by atoms with Gasteiger partial charge in [-0.3, -0.25) is 9.48 Å². The fraction of sp³-hybridized carbons (Fsp3) is 0.231. The molecule has 2 aromatic heterocycles. The second kappa shape index (κ2) is 11.5. The van der Waals surface area contributed by atoms with Gasteiger partial charge in [-0.1, -0.05) is 42.5 Å². The molecule has 8 nitrogen and oxygen atoms in total. The van der Waals surface area contributed by atoms with E-state index < -0.39 is 6.10 Å². The minimum absolute atomic E-state index is 0.00401. The lowest BCUT2D eigenvalue weighted by Crippen LogP contribution is -2.35. The van der Waals surface area contributed by atoms with E-state index in [4.69, 9.17) is 14.2 Å². The molecule has 0 aliphatic rings. The van der Waals surface area contributed by atoms with E-state index in [9.17, 15) is 9.90 Å². The number of nitrogens with one attached hydrogen (secondary N) is 1. The molecule has 35 heavy (non-hydrogen) atoms. The van der Waals surface area contributed by atoms with Gasteiger partial charge in [-0.15, -0.1) is 11.3 Å². The molecule has 0 fully saturated rings. The largest absolute Gasteiger partial charge is 0.493 e. The fourth-order valence-electron chi connectivity index (χ4n) is 3.54. The molecule has 1 unspecified atom stereocenters. The van der Waals surface area contributed by atoms with Crippen molar-refractivity contribution in [3.8, 4) is 27.8 Å². The lowest BCUT2D eigenvalue weighted by atomic mass is 10.2. The number of aliphatic hydroxyl groups excluding tert-OH is 1. The van der Waals surface area contributed by atoms with Crippen molar-refractivity contribution >= 4 is 17.2 Å². The zero-order chi connectivity index (χ0) is 24.6. The highest BCUT2D eigenvalue weighted by Gasteiger charge is 2.20. The number of rotatable bonds is 11. The van der Waals surface area contributed by atoms with Crippen molar-refractivity contribution in [3.05, 3.63) is 83.4 Å². The summed E-state index contributed by atoms with van der Waals surface area (Å²) in [5.74, 6) is 1.06. The van der Waals surface area contributed by atoms with Crippen LogP contribution in [0.3, 0.4) is 0 Å². The van der Waals surface area contributed by atoms with Crippen molar-refractivity contribution < 1.29 is 24.1 Å². The van der Waals surface area contributed by atoms with Gasteiger partial charge in [-0.2, -0.15) is 5.10 Å². The number of benzene rings is 2. The van der Waals surface area contributed by atoms with Crippen molar-refractivity contribution in [2.45, 2.75) is 12.6 Å². The summed E-state index contributed by atoms with van der Waals surface area (Å²) in [7, 11) is 3.06. The molecule has 0 radical (unpaired) electrons. The van der Waals surface area contributed by atoms with E-state index in [2.05, 4.69) is 10.4 Å². The first-order valence-corrected chi connectivity index (χ1v) is 11.9. The second-order valence-corrected chi connectivity index (χ2v) is 8.67. The molecule has 0 aliphatic carbocycles. The van der Waals surface area contributed by atoms with Gasteiger partial charge < -0.3 is 24.6 Å². The number of nitrogens with zero attached hydrogens (tertiary/aromatic N) is 2. The number of amides is 1. The van der Waals surface area contributed by atoms with Crippen LogP contribution in [0, 0.1) is 0 Å². The number of thiophene rings is 1. The quantitative estimate of drug-likeness (QED) is 0.330. The van der Waals surface area contributed by atoms with E-state index >= 15 is 0 Å². The average molecular weight is 494 g/mol. The molecule has 0 spiro atoms. The summed E-state index contributed by atoms with van der Waals surface area (Å²) in [6.07, 6.45) is 0.790. The van der Waals surface area contributed by atoms with Gasteiger partial charge in [-0.25, -0.2) is 0 Å². The standard InChI is InChI=1S/C26H27N3O5S/c1-32-21-10-6-11-22(33-2)25(21)34-17-19(30)14-27-26(31)20-16-29(15-18-8-4-3-5-9-18)28-24(20)23-12-7-13-35-23/h3-13,16,19,30H,14-15,17H2,1-2H3,(H,27,31). The van der Waals surface area contributed by atoms with Gasteiger partial charge in [0.25, 0.3) is 5.91 Å². The van der Waals surface area contributed by atoms with Crippen molar-refractivity contribution in [2.75, 3.05) is 27.4 Å². The molecule has 1 amide bonds. The monoisotopic (exact) mass is 493 g/mol. The van der Waals surface area contributed by atoms with Crippen LogP contribution in [0.15, 0.2) is 72.2 Å². The van der Waals surface area contributed by atoms with Crippen molar-refractivity contribution in [2.24, 2.45) is 0 Å². The molecule has 1 atom stereocenters. The molecule has 2 N–H and O–H groups in total. The fourth-order valence-corrected chi connectivity index (χ4v) is 4.26. The number of hydrogen-bond acceptors (Lipinski definition) is 7. The van der Waals surface area contributed by atoms with Crippen LogP contribution in [0.25, 0.3) is 10.6 Å². The average Bonchev–Trinajstić information content (AvgIpc) is 3.56. The number of carbonyl (C=O) groups excluding carboxylic acids is 1. The molecular formula is C26H27N3O5S. The van der Waals surface area contributed by atoms with Gasteiger partial charge in [0.05, 0.1) is 31.2 Å². The summed E-state index contributed by atoms with van der Waals surface area (Å²) in [4.78, 5) is 14.0. The third-order valence-electron chi connectivity index (χ3n) is 5.25. The highest BCUT2D eigenvalue weighted by atomic mass is 32.1. The summed E-state index contributed by atoms with van der Waals surface area (Å²) in [5, 5.41) is 19.8. The Morgan fingerprint density at radius 3 is 2.46 bits per heavy atom. The topological polar surface area (TPSA) is 94.8 Å². The van der Waals surface area contributed by atoms with E-state index in [0.29, 0.717) is 35.1 Å². The van der Waals surface area contributed by atoms with E-state index in [1.807, 2.05) is 47.8 Å². The van der Waals surface area contributed by atoms with Crippen LogP contribution in [-0.2, 0) is 6.54 Å². The number of aliphatic hydroxyl groups is 1. The van der Waals surface area contributed by atoms with Crippen LogP contribution in [0.4, 0.5) is 0 Å². The number of hydrogen-bond donors (Lipinski definition) is 2. The van der Waals surface area contributed by atoms with Gasteiger partial charge in [0, 0.05) is 12.7 Å². The number of aromatic nitrogens is 2. The van der Waals surface area contributed by atoms with E-state index in [1.54, 1.807) is 29.1 Å². The molecule has 182 valence electrons. The molecule has 2 heterocycles. The lowest BCUT2D eigenvalue weighted by molar-refractivity contribution is 0.0834.